The molecule has 3 nitrogen and oxygen atoms in total. The number of aromatic amines is 1. The van der Waals surface area contributed by atoms with E-state index in [0.29, 0.717) is 22.3 Å². The SMILES string of the molecule is CC1(C)C(Cn2c(=S)[nH]c3ccc(C#N)cc32)C1(C)C. The summed E-state index contributed by atoms with van der Waals surface area (Å²) in [4.78, 5) is 3.23. The maximum Gasteiger partial charge on any atom is 0.178 e. The number of hydrogen-bond acceptors (Lipinski definition) is 2. The van der Waals surface area contributed by atoms with Crippen molar-refractivity contribution in [2.24, 2.45) is 16.7 Å². The van der Waals surface area contributed by atoms with Gasteiger partial charge in [-0.05, 0) is 47.2 Å². The van der Waals surface area contributed by atoms with Gasteiger partial charge in [-0.3, -0.25) is 0 Å². The van der Waals surface area contributed by atoms with Crippen molar-refractivity contribution >= 4 is 23.3 Å². The number of nitrogens with zero attached hydrogens (tertiary/aromatic N) is 2. The monoisotopic (exact) mass is 285 g/mol. The van der Waals surface area contributed by atoms with E-state index in [0.717, 1.165) is 22.3 Å². The molecule has 2 aromatic rings. The molecule has 1 N–H and O–H groups in total. The minimum Gasteiger partial charge on any atom is -0.331 e. The quantitative estimate of drug-likeness (QED) is 0.838. The van der Waals surface area contributed by atoms with Crippen LogP contribution in [-0.4, -0.2) is 9.55 Å². The van der Waals surface area contributed by atoms with Gasteiger partial charge < -0.3 is 9.55 Å². The molecule has 1 aromatic carbocycles. The number of rotatable bonds is 2. The van der Waals surface area contributed by atoms with Crippen LogP contribution in [0.25, 0.3) is 11.0 Å². The molecule has 4 heteroatoms. The number of nitriles is 1. The molecule has 0 bridgehead atoms. The van der Waals surface area contributed by atoms with Gasteiger partial charge in [-0.2, -0.15) is 5.26 Å². The van der Waals surface area contributed by atoms with Crippen LogP contribution in [0.5, 0.6) is 0 Å². The number of H-pyrrole nitrogens is 1. The van der Waals surface area contributed by atoms with E-state index in [1.165, 1.54) is 0 Å². The molecule has 1 aliphatic carbocycles. The highest BCUT2D eigenvalue weighted by atomic mass is 32.1. The fourth-order valence-electron chi connectivity index (χ4n) is 3.38. The fourth-order valence-corrected chi connectivity index (χ4v) is 3.66. The van der Waals surface area contributed by atoms with Crippen LogP contribution < -0.4 is 0 Å². The van der Waals surface area contributed by atoms with Crippen LogP contribution >= 0.6 is 12.2 Å². The lowest BCUT2D eigenvalue weighted by molar-refractivity contribution is 0.457. The van der Waals surface area contributed by atoms with Crippen molar-refractivity contribution in [2.45, 2.75) is 34.2 Å². The fraction of sp³-hybridized carbons (Fsp3) is 0.500. The molecule has 0 saturated heterocycles. The molecule has 1 heterocycles. The van der Waals surface area contributed by atoms with Crippen LogP contribution in [0, 0.1) is 32.9 Å². The van der Waals surface area contributed by atoms with Crippen molar-refractivity contribution in [3.05, 3.63) is 28.5 Å². The molecule has 0 aliphatic heterocycles. The first kappa shape index (κ1) is 13.4. The van der Waals surface area contributed by atoms with Gasteiger partial charge in [0.05, 0.1) is 22.7 Å². The molecule has 104 valence electrons. The smallest absolute Gasteiger partial charge is 0.178 e. The Labute approximate surface area is 124 Å². The Bertz CT molecular complexity index is 772. The van der Waals surface area contributed by atoms with E-state index in [2.05, 4.69) is 43.3 Å². The van der Waals surface area contributed by atoms with Crippen molar-refractivity contribution in [1.29, 1.82) is 5.26 Å². The molecular weight excluding hydrogens is 266 g/mol. The van der Waals surface area contributed by atoms with E-state index in [1.807, 2.05) is 18.2 Å². The lowest BCUT2D eigenvalue weighted by atomic mass is 10.0. The zero-order valence-corrected chi connectivity index (χ0v) is 13.1. The molecule has 0 spiro atoms. The van der Waals surface area contributed by atoms with Gasteiger partial charge in [0.2, 0.25) is 0 Å². The van der Waals surface area contributed by atoms with Gasteiger partial charge in [-0.25, -0.2) is 0 Å². The van der Waals surface area contributed by atoms with Crippen molar-refractivity contribution < 1.29 is 0 Å². The van der Waals surface area contributed by atoms with Crippen LogP contribution in [0.15, 0.2) is 18.2 Å². The predicted molar refractivity (Wildman–Crippen MR) is 82.9 cm³/mol. The molecule has 3 rings (SSSR count). The zero-order valence-electron chi connectivity index (χ0n) is 12.3. The summed E-state index contributed by atoms with van der Waals surface area (Å²) >= 11 is 5.45. The van der Waals surface area contributed by atoms with E-state index >= 15 is 0 Å². The van der Waals surface area contributed by atoms with Gasteiger partial charge in [0.1, 0.15) is 0 Å². The van der Waals surface area contributed by atoms with Crippen LogP contribution in [0.3, 0.4) is 0 Å². The highest BCUT2D eigenvalue weighted by Crippen LogP contribution is 2.68. The molecule has 1 fully saturated rings. The lowest BCUT2D eigenvalue weighted by Crippen LogP contribution is -2.04. The van der Waals surface area contributed by atoms with Gasteiger partial charge in [0, 0.05) is 6.54 Å². The molecule has 1 saturated carbocycles. The third-order valence-electron chi connectivity index (χ3n) is 5.59. The number of benzene rings is 1. The second kappa shape index (κ2) is 3.95. The second-order valence-corrected chi connectivity index (χ2v) is 7.27. The molecule has 0 atom stereocenters. The first-order valence-electron chi connectivity index (χ1n) is 6.91. The van der Waals surface area contributed by atoms with Crippen molar-refractivity contribution in [3.8, 4) is 6.07 Å². The number of nitrogens with one attached hydrogen (secondary N) is 1. The molecule has 1 aliphatic rings. The Hall–Kier alpha value is -1.60. The average Bonchev–Trinajstić information content (AvgIpc) is 2.67. The van der Waals surface area contributed by atoms with E-state index in [-0.39, 0.29) is 0 Å². The first-order valence-corrected chi connectivity index (χ1v) is 7.32. The number of imidazole rings is 1. The Morgan fingerprint density at radius 1 is 1.30 bits per heavy atom. The zero-order chi connectivity index (χ0) is 14.7. The van der Waals surface area contributed by atoms with Crippen LogP contribution in [0.2, 0.25) is 0 Å². The third-order valence-corrected chi connectivity index (χ3v) is 5.91. The number of hydrogen-bond donors (Lipinski definition) is 1. The third kappa shape index (κ3) is 1.66. The minimum absolute atomic E-state index is 0.332. The molecule has 1 aromatic heterocycles. The van der Waals surface area contributed by atoms with Crippen LogP contribution in [0.4, 0.5) is 0 Å². The summed E-state index contributed by atoms with van der Waals surface area (Å²) in [6.45, 7) is 10.2. The summed E-state index contributed by atoms with van der Waals surface area (Å²) in [5.41, 5.74) is 3.38. The van der Waals surface area contributed by atoms with E-state index < -0.39 is 0 Å². The lowest BCUT2D eigenvalue weighted by Gasteiger charge is -2.06. The Morgan fingerprint density at radius 3 is 2.50 bits per heavy atom. The highest BCUT2D eigenvalue weighted by molar-refractivity contribution is 7.71. The summed E-state index contributed by atoms with van der Waals surface area (Å²) in [5, 5.41) is 9.06. The summed E-state index contributed by atoms with van der Waals surface area (Å²) in [5.74, 6) is 0.603. The van der Waals surface area contributed by atoms with Crippen LogP contribution in [-0.2, 0) is 6.54 Å². The maximum absolute atomic E-state index is 9.06. The van der Waals surface area contributed by atoms with E-state index in [1.54, 1.807) is 0 Å². The number of fused-ring (bicyclic) bond motifs is 1. The first-order chi connectivity index (χ1) is 9.29. The Balaban J connectivity index is 2.07. The normalized spacial score (nSPS) is 19.9. The molecule has 20 heavy (non-hydrogen) atoms. The Kier molecular flexibility index (Phi) is 2.65. The van der Waals surface area contributed by atoms with Gasteiger partial charge >= 0.3 is 0 Å². The topological polar surface area (TPSA) is 44.5 Å². The maximum atomic E-state index is 9.06. The predicted octanol–water partition coefficient (Wildman–Crippen LogP) is 4.25. The van der Waals surface area contributed by atoms with Crippen molar-refractivity contribution in [1.82, 2.24) is 9.55 Å². The van der Waals surface area contributed by atoms with E-state index in [4.69, 9.17) is 17.5 Å². The van der Waals surface area contributed by atoms with Gasteiger partial charge in [0.25, 0.3) is 0 Å². The summed E-state index contributed by atoms with van der Waals surface area (Å²) in [6, 6.07) is 7.87. The number of aromatic nitrogens is 2. The summed E-state index contributed by atoms with van der Waals surface area (Å²) in [7, 11) is 0. The van der Waals surface area contributed by atoms with Gasteiger partial charge in [-0.15, -0.1) is 0 Å². The standard InChI is InChI=1S/C16H19N3S/c1-15(2)13(16(15,3)4)9-19-12-7-10(8-17)5-6-11(12)18-14(19)20/h5-7,13H,9H2,1-4H3,(H,18,20). The summed E-state index contributed by atoms with van der Waals surface area (Å²) < 4.78 is 2.89. The second-order valence-electron chi connectivity index (χ2n) is 6.88. The largest absolute Gasteiger partial charge is 0.331 e. The summed E-state index contributed by atoms with van der Waals surface area (Å²) in [6.07, 6.45) is 0. The molecule has 0 unspecified atom stereocenters. The van der Waals surface area contributed by atoms with E-state index in [9.17, 15) is 0 Å². The van der Waals surface area contributed by atoms with Gasteiger partial charge in [-0.1, -0.05) is 27.7 Å². The van der Waals surface area contributed by atoms with Gasteiger partial charge in [0.15, 0.2) is 4.77 Å². The average molecular weight is 285 g/mol. The molecule has 0 radical (unpaired) electrons. The van der Waals surface area contributed by atoms with Crippen LogP contribution in [0.1, 0.15) is 33.3 Å². The molecule has 0 amide bonds. The highest BCUT2D eigenvalue weighted by Gasteiger charge is 2.64. The Morgan fingerprint density at radius 2 is 1.95 bits per heavy atom. The van der Waals surface area contributed by atoms with Crippen molar-refractivity contribution in [3.63, 3.8) is 0 Å². The molecular formula is C16H19N3S. The van der Waals surface area contributed by atoms with Crippen molar-refractivity contribution in [2.75, 3.05) is 0 Å². The minimum atomic E-state index is 0.332.